The van der Waals surface area contributed by atoms with E-state index in [1.807, 2.05) is 69.3 Å². The van der Waals surface area contributed by atoms with E-state index in [1.165, 1.54) is 0 Å². The lowest BCUT2D eigenvalue weighted by Gasteiger charge is -2.28. The minimum atomic E-state index is -0.582. The van der Waals surface area contributed by atoms with Crippen LogP contribution in [0.4, 0.5) is 0 Å². The predicted molar refractivity (Wildman–Crippen MR) is 111 cm³/mol. The minimum absolute atomic E-state index is 0.111. The Morgan fingerprint density at radius 3 is 2.14 bits per heavy atom. The number of carbonyl (C=O) groups excluding carboxylic acids is 2. The van der Waals surface area contributed by atoms with Crippen molar-refractivity contribution in [1.29, 1.82) is 0 Å². The second-order valence-electron chi connectivity index (χ2n) is 7.08. The molecule has 0 aliphatic heterocycles. The molecule has 2 aromatic carbocycles. The Labute approximate surface area is 167 Å². The minimum Gasteiger partial charge on any atom is -0.484 e. The lowest BCUT2D eigenvalue weighted by atomic mass is 10.1. The van der Waals surface area contributed by atoms with Gasteiger partial charge < -0.3 is 15.0 Å². The fraction of sp³-hybridized carbons (Fsp3) is 0.391. The van der Waals surface area contributed by atoms with Crippen molar-refractivity contribution in [3.8, 4) is 5.75 Å². The van der Waals surface area contributed by atoms with Gasteiger partial charge in [-0.05, 0) is 44.9 Å². The van der Waals surface area contributed by atoms with Crippen molar-refractivity contribution in [1.82, 2.24) is 10.2 Å². The molecule has 2 aromatic rings. The fourth-order valence-electron chi connectivity index (χ4n) is 2.73. The van der Waals surface area contributed by atoms with E-state index in [1.54, 1.807) is 11.8 Å². The zero-order valence-electron chi connectivity index (χ0n) is 17.2. The van der Waals surface area contributed by atoms with Gasteiger partial charge in [-0.1, -0.05) is 54.4 Å². The first kappa shape index (κ1) is 21.5. The average molecular weight is 383 g/mol. The van der Waals surface area contributed by atoms with Crippen molar-refractivity contribution >= 4 is 11.8 Å². The van der Waals surface area contributed by atoms with Gasteiger partial charge in [0, 0.05) is 13.1 Å². The van der Waals surface area contributed by atoms with Crippen LogP contribution in [-0.2, 0) is 16.1 Å². The van der Waals surface area contributed by atoms with Crippen LogP contribution >= 0.6 is 0 Å². The third kappa shape index (κ3) is 6.41. The number of hydrogen-bond donors (Lipinski definition) is 1. The summed E-state index contributed by atoms with van der Waals surface area (Å²) in [4.78, 5) is 26.9. The van der Waals surface area contributed by atoms with Crippen LogP contribution in [0.1, 0.15) is 37.0 Å². The summed E-state index contributed by atoms with van der Waals surface area (Å²) in [6.45, 7) is 8.60. The first-order chi connectivity index (χ1) is 13.4. The number of hydrogen-bond acceptors (Lipinski definition) is 3. The van der Waals surface area contributed by atoms with Crippen LogP contribution in [0.5, 0.6) is 5.75 Å². The number of carbonyl (C=O) groups is 2. The van der Waals surface area contributed by atoms with Crippen LogP contribution in [0.3, 0.4) is 0 Å². The summed E-state index contributed by atoms with van der Waals surface area (Å²) < 4.78 is 5.65. The number of nitrogens with zero attached hydrogens (tertiary/aromatic N) is 1. The summed E-state index contributed by atoms with van der Waals surface area (Å²) in [5.74, 6) is 0.260. The average Bonchev–Trinajstić information content (AvgIpc) is 2.70. The molecule has 5 heteroatoms. The van der Waals surface area contributed by atoms with Gasteiger partial charge in [-0.2, -0.15) is 0 Å². The molecule has 0 aliphatic rings. The second kappa shape index (κ2) is 10.5. The molecule has 150 valence electrons. The summed E-state index contributed by atoms with van der Waals surface area (Å²) in [5, 5.41) is 2.87. The molecule has 28 heavy (non-hydrogen) atoms. The number of nitrogens with one attached hydrogen (secondary N) is 1. The van der Waals surface area contributed by atoms with Crippen molar-refractivity contribution in [2.75, 3.05) is 13.2 Å². The van der Waals surface area contributed by atoms with Gasteiger partial charge in [-0.3, -0.25) is 9.59 Å². The van der Waals surface area contributed by atoms with Crippen LogP contribution < -0.4 is 10.1 Å². The number of aryl methyl sites for hydroxylation is 2. The van der Waals surface area contributed by atoms with Crippen molar-refractivity contribution in [2.45, 2.75) is 46.7 Å². The van der Waals surface area contributed by atoms with E-state index >= 15 is 0 Å². The highest BCUT2D eigenvalue weighted by Crippen LogP contribution is 2.14. The highest BCUT2D eigenvalue weighted by atomic mass is 16.5. The molecule has 0 bridgehead atoms. The van der Waals surface area contributed by atoms with Crippen LogP contribution in [0.2, 0.25) is 0 Å². The van der Waals surface area contributed by atoms with Gasteiger partial charge in [-0.15, -0.1) is 0 Å². The quantitative estimate of drug-likeness (QED) is 0.721. The maximum Gasteiger partial charge on any atom is 0.261 e. The molecule has 0 spiro atoms. The first-order valence-electron chi connectivity index (χ1n) is 9.73. The Kier molecular flexibility index (Phi) is 8.05. The van der Waals surface area contributed by atoms with E-state index in [-0.39, 0.29) is 18.4 Å². The van der Waals surface area contributed by atoms with Crippen LogP contribution in [0.15, 0.2) is 48.5 Å². The molecule has 0 saturated carbocycles. The molecule has 0 aromatic heterocycles. The van der Waals surface area contributed by atoms with Crippen LogP contribution in [0, 0.1) is 13.8 Å². The molecular weight excluding hydrogens is 352 g/mol. The van der Waals surface area contributed by atoms with Crippen LogP contribution in [0.25, 0.3) is 0 Å². The summed E-state index contributed by atoms with van der Waals surface area (Å²) in [5.41, 5.74) is 3.25. The van der Waals surface area contributed by atoms with Gasteiger partial charge in [0.25, 0.3) is 5.91 Å². The molecule has 5 nitrogen and oxygen atoms in total. The standard InChI is InChI=1S/C23H30N2O3/c1-5-14-24-23(27)19(4)25(15-20-10-6-17(2)7-11-20)22(26)16-28-21-12-8-18(3)9-13-21/h6-13,19H,5,14-16H2,1-4H3,(H,24,27)/t19-/m0/s1. The third-order valence-corrected chi connectivity index (χ3v) is 4.57. The highest BCUT2D eigenvalue weighted by Gasteiger charge is 2.26. The molecule has 2 rings (SSSR count). The van der Waals surface area contributed by atoms with Gasteiger partial charge in [0.15, 0.2) is 6.61 Å². The normalized spacial score (nSPS) is 11.6. The predicted octanol–water partition coefficient (Wildman–Crippen LogP) is 3.63. The highest BCUT2D eigenvalue weighted by molar-refractivity contribution is 5.87. The Balaban J connectivity index is 2.10. The zero-order valence-corrected chi connectivity index (χ0v) is 17.2. The van der Waals surface area contributed by atoms with Crippen molar-refractivity contribution in [3.63, 3.8) is 0 Å². The monoisotopic (exact) mass is 382 g/mol. The van der Waals surface area contributed by atoms with Gasteiger partial charge in [0.05, 0.1) is 0 Å². The number of benzene rings is 2. The molecule has 0 fully saturated rings. The van der Waals surface area contributed by atoms with E-state index < -0.39 is 6.04 Å². The summed E-state index contributed by atoms with van der Waals surface area (Å²) in [6.07, 6.45) is 0.848. The Hall–Kier alpha value is -2.82. The molecule has 0 radical (unpaired) electrons. The largest absolute Gasteiger partial charge is 0.484 e. The van der Waals surface area contributed by atoms with Gasteiger partial charge in [0.1, 0.15) is 11.8 Å². The zero-order chi connectivity index (χ0) is 20.5. The molecule has 2 amide bonds. The van der Waals surface area contributed by atoms with E-state index in [4.69, 9.17) is 4.74 Å². The van der Waals surface area contributed by atoms with E-state index in [9.17, 15) is 9.59 Å². The van der Waals surface area contributed by atoms with Crippen LogP contribution in [-0.4, -0.2) is 35.9 Å². The summed E-state index contributed by atoms with van der Waals surface area (Å²) in [6, 6.07) is 14.9. The Morgan fingerprint density at radius 1 is 1.00 bits per heavy atom. The third-order valence-electron chi connectivity index (χ3n) is 4.57. The van der Waals surface area contributed by atoms with Gasteiger partial charge in [-0.25, -0.2) is 0 Å². The fourth-order valence-corrected chi connectivity index (χ4v) is 2.73. The maximum atomic E-state index is 12.9. The Bertz CT molecular complexity index is 769. The molecule has 1 atom stereocenters. The van der Waals surface area contributed by atoms with Crippen molar-refractivity contribution < 1.29 is 14.3 Å². The SMILES string of the molecule is CCCNC(=O)[C@H](C)N(Cc1ccc(C)cc1)C(=O)COc1ccc(C)cc1. The van der Waals surface area contributed by atoms with E-state index in [2.05, 4.69) is 5.32 Å². The molecule has 1 N–H and O–H groups in total. The molecule has 0 heterocycles. The lowest BCUT2D eigenvalue weighted by molar-refractivity contribution is -0.142. The van der Waals surface area contributed by atoms with Crippen molar-refractivity contribution in [2.24, 2.45) is 0 Å². The number of ether oxygens (including phenoxy) is 1. The lowest BCUT2D eigenvalue weighted by Crippen LogP contribution is -2.49. The van der Waals surface area contributed by atoms with Crippen molar-refractivity contribution in [3.05, 3.63) is 65.2 Å². The van der Waals surface area contributed by atoms with Gasteiger partial charge >= 0.3 is 0 Å². The first-order valence-corrected chi connectivity index (χ1v) is 9.73. The van der Waals surface area contributed by atoms with Gasteiger partial charge in [0.2, 0.25) is 5.91 Å². The topological polar surface area (TPSA) is 58.6 Å². The summed E-state index contributed by atoms with van der Waals surface area (Å²) >= 11 is 0. The summed E-state index contributed by atoms with van der Waals surface area (Å²) in [7, 11) is 0. The number of rotatable bonds is 9. The van der Waals surface area contributed by atoms with E-state index in [0.29, 0.717) is 18.8 Å². The molecule has 0 unspecified atom stereocenters. The molecule has 0 aliphatic carbocycles. The second-order valence-corrected chi connectivity index (χ2v) is 7.08. The molecular formula is C23H30N2O3. The maximum absolute atomic E-state index is 12.9. The van der Waals surface area contributed by atoms with E-state index in [0.717, 1.165) is 23.1 Å². The smallest absolute Gasteiger partial charge is 0.261 e. The number of amides is 2. The molecule has 0 saturated heterocycles. The Morgan fingerprint density at radius 2 is 1.57 bits per heavy atom.